The van der Waals surface area contributed by atoms with Gasteiger partial charge in [-0.25, -0.2) is 10.8 Å². The molecule has 0 bridgehead atoms. The van der Waals surface area contributed by atoms with E-state index in [0.29, 0.717) is 17.8 Å². The number of carbonyl (C=O) groups is 2. The van der Waals surface area contributed by atoms with Gasteiger partial charge in [-0.1, -0.05) is 6.92 Å². The summed E-state index contributed by atoms with van der Waals surface area (Å²) in [7, 11) is 0. The molecule has 19 heavy (non-hydrogen) atoms. The van der Waals surface area contributed by atoms with Crippen LogP contribution in [0.15, 0.2) is 12.1 Å². The molecule has 0 saturated heterocycles. The van der Waals surface area contributed by atoms with Gasteiger partial charge in [0.25, 0.3) is 5.91 Å². The lowest BCUT2D eigenvalue weighted by Gasteiger charge is -2.22. The van der Waals surface area contributed by atoms with Gasteiger partial charge in [0.05, 0.1) is 0 Å². The van der Waals surface area contributed by atoms with Crippen LogP contribution in [-0.2, 0) is 11.2 Å². The Bertz CT molecular complexity index is 477. The quantitative estimate of drug-likeness (QED) is 0.438. The van der Waals surface area contributed by atoms with E-state index in [2.05, 4.69) is 15.7 Å². The summed E-state index contributed by atoms with van der Waals surface area (Å²) in [6.07, 6.45) is 0.662. The SMILES string of the molecule is CCc1cc(C(=O)NC(C)(C)C(N)=O)cc(NN)n1. The van der Waals surface area contributed by atoms with Crippen LogP contribution in [0.5, 0.6) is 0 Å². The van der Waals surface area contributed by atoms with E-state index in [9.17, 15) is 9.59 Å². The standard InChI is InChI=1S/C12H19N5O2/c1-4-8-5-7(6-9(15-8)17-14)10(18)16-12(2,3)11(13)19/h5-6H,4,14H2,1-3H3,(H2,13,19)(H,15,17)(H,16,18). The lowest BCUT2D eigenvalue weighted by molar-refractivity contribution is -0.122. The molecule has 0 aromatic carbocycles. The van der Waals surface area contributed by atoms with Crippen LogP contribution in [0.2, 0.25) is 0 Å². The van der Waals surface area contributed by atoms with Crippen LogP contribution in [0.4, 0.5) is 5.82 Å². The van der Waals surface area contributed by atoms with Gasteiger partial charge in [-0.3, -0.25) is 9.59 Å². The molecule has 6 N–H and O–H groups in total. The molecule has 0 saturated carbocycles. The minimum absolute atomic E-state index is 0.370. The van der Waals surface area contributed by atoms with Crippen molar-refractivity contribution in [1.29, 1.82) is 0 Å². The molecule has 7 nitrogen and oxygen atoms in total. The summed E-state index contributed by atoms with van der Waals surface area (Å²) in [4.78, 5) is 27.5. The number of nitrogen functional groups attached to an aromatic ring is 1. The second-order valence-corrected chi connectivity index (χ2v) is 4.67. The lowest BCUT2D eigenvalue weighted by atomic mass is 10.0. The number of nitrogens with zero attached hydrogens (tertiary/aromatic N) is 1. The highest BCUT2D eigenvalue weighted by atomic mass is 16.2. The van der Waals surface area contributed by atoms with Crippen molar-refractivity contribution >= 4 is 17.6 Å². The number of amides is 2. The van der Waals surface area contributed by atoms with E-state index in [0.717, 1.165) is 5.69 Å². The zero-order valence-electron chi connectivity index (χ0n) is 11.3. The Morgan fingerprint density at radius 3 is 2.47 bits per heavy atom. The summed E-state index contributed by atoms with van der Waals surface area (Å²) in [5.74, 6) is 4.68. The summed E-state index contributed by atoms with van der Waals surface area (Å²) in [5.41, 5.74) is 7.58. The molecule has 2 amide bonds. The van der Waals surface area contributed by atoms with Crippen molar-refractivity contribution in [3.8, 4) is 0 Å². The first-order valence-electron chi connectivity index (χ1n) is 5.90. The highest BCUT2D eigenvalue weighted by Crippen LogP contribution is 2.12. The fourth-order valence-corrected chi connectivity index (χ4v) is 1.39. The largest absolute Gasteiger partial charge is 0.368 e. The maximum absolute atomic E-state index is 12.1. The van der Waals surface area contributed by atoms with Crippen LogP contribution in [0.3, 0.4) is 0 Å². The molecule has 0 aliphatic carbocycles. The van der Waals surface area contributed by atoms with Crippen molar-refractivity contribution in [3.05, 3.63) is 23.4 Å². The van der Waals surface area contributed by atoms with E-state index in [4.69, 9.17) is 11.6 Å². The first-order valence-corrected chi connectivity index (χ1v) is 5.90. The third kappa shape index (κ3) is 3.65. The third-order valence-electron chi connectivity index (χ3n) is 2.69. The zero-order valence-corrected chi connectivity index (χ0v) is 11.3. The van der Waals surface area contributed by atoms with Crippen molar-refractivity contribution in [3.63, 3.8) is 0 Å². The predicted octanol–water partition coefficient (Wildman–Crippen LogP) is -0.0767. The monoisotopic (exact) mass is 265 g/mol. The summed E-state index contributed by atoms with van der Waals surface area (Å²) < 4.78 is 0. The molecule has 104 valence electrons. The number of carbonyl (C=O) groups excluding carboxylic acids is 2. The minimum atomic E-state index is -1.12. The molecule has 7 heteroatoms. The predicted molar refractivity (Wildman–Crippen MR) is 72.2 cm³/mol. The van der Waals surface area contributed by atoms with Gasteiger partial charge < -0.3 is 16.5 Å². The van der Waals surface area contributed by atoms with E-state index in [1.165, 1.54) is 19.9 Å². The molecule has 1 heterocycles. The number of hydrazine groups is 1. The van der Waals surface area contributed by atoms with Crippen molar-refractivity contribution < 1.29 is 9.59 Å². The van der Waals surface area contributed by atoms with Crippen LogP contribution in [0, 0.1) is 0 Å². The molecular weight excluding hydrogens is 246 g/mol. The van der Waals surface area contributed by atoms with Crippen LogP contribution in [0.1, 0.15) is 36.8 Å². The van der Waals surface area contributed by atoms with Crippen molar-refractivity contribution in [2.45, 2.75) is 32.7 Å². The zero-order chi connectivity index (χ0) is 14.6. The Hall–Kier alpha value is -2.15. The molecule has 0 aliphatic rings. The number of hydrogen-bond acceptors (Lipinski definition) is 5. The van der Waals surface area contributed by atoms with Gasteiger partial charge in [0.15, 0.2) is 0 Å². The Balaban J connectivity index is 3.03. The molecule has 1 aromatic heterocycles. The summed E-state index contributed by atoms with van der Waals surface area (Å²) >= 11 is 0. The number of primary amides is 1. The highest BCUT2D eigenvalue weighted by Gasteiger charge is 2.27. The van der Waals surface area contributed by atoms with Crippen LogP contribution in [0.25, 0.3) is 0 Å². The van der Waals surface area contributed by atoms with E-state index in [1.54, 1.807) is 6.07 Å². The second kappa shape index (κ2) is 5.66. The molecule has 0 spiro atoms. The summed E-state index contributed by atoms with van der Waals surface area (Å²) in [6.45, 7) is 4.99. The van der Waals surface area contributed by atoms with Crippen molar-refractivity contribution in [1.82, 2.24) is 10.3 Å². The van der Waals surface area contributed by atoms with Crippen molar-refractivity contribution in [2.75, 3.05) is 5.43 Å². The molecule has 1 rings (SSSR count). The molecule has 0 unspecified atom stereocenters. The Labute approximate surface area is 111 Å². The van der Waals surface area contributed by atoms with Gasteiger partial charge in [0.1, 0.15) is 11.4 Å². The maximum Gasteiger partial charge on any atom is 0.252 e. The molecule has 0 fully saturated rings. The van der Waals surface area contributed by atoms with Gasteiger partial charge >= 0.3 is 0 Å². The van der Waals surface area contributed by atoms with Crippen LogP contribution < -0.4 is 22.3 Å². The second-order valence-electron chi connectivity index (χ2n) is 4.67. The van der Waals surface area contributed by atoms with Gasteiger partial charge in [0.2, 0.25) is 5.91 Å². The third-order valence-corrected chi connectivity index (χ3v) is 2.69. The number of pyridine rings is 1. The van der Waals surface area contributed by atoms with Gasteiger partial charge in [-0.2, -0.15) is 0 Å². The highest BCUT2D eigenvalue weighted by molar-refractivity contribution is 5.99. The minimum Gasteiger partial charge on any atom is -0.368 e. The molecule has 0 radical (unpaired) electrons. The van der Waals surface area contributed by atoms with Crippen LogP contribution >= 0.6 is 0 Å². The molecule has 0 atom stereocenters. The van der Waals surface area contributed by atoms with E-state index < -0.39 is 17.4 Å². The fourth-order valence-electron chi connectivity index (χ4n) is 1.39. The summed E-state index contributed by atoms with van der Waals surface area (Å²) in [6, 6.07) is 3.15. The lowest BCUT2D eigenvalue weighted by Crippen LogP contribution is -2.53. The van der Waals surface area contributed by atoms with E-state index in [-0.39, 0.29) is 0 Å². The number of anilines is 1. The number of hydrogen-bond donors (Lipinski definition) is 4. The topological polar surface area (TPSA) is 123 Å². The fraction of sp³-hybridized carbons (Fsp3) is 0.417. The van der Waals surface area contributed by atoms with Gasteiger partial charge in [0, 0.05) is 11.3 Å². The molecular formula is C12H19N5O2. The Kier molecular flexibility index (Phi) is 4.44. The Morgan fingerprint density at radius 1 is 1.37 bits per heavy atom. The van der Waals surface area contributed by atoms with Gasteiger partial charge in [-0.15, -0.1) is 0 Å². The van der Waals surface area contributed by atoms with Crippen LogP contribution in [-0.4, -0.2) is 22.3 Å². The summed E-state index contributed by atoms with van der Waals surface area (Å²) in [5, 5.41) is 2.56. The average Bonchev–Trinajstić information content (AvgIpc) is 2.37. The average molecular weight is 265 g/mol. The maximum atomic E-state index is 12.1. The van der Waals surface area contributed by atoms with E-state index in [1.807, 2.05) is 6.92 Å². The van der Waals surface area contributed by atoms with Crippen molar-refractivity contribution in [2.24, 2.45) is 11.6 Å². The van der Waals surface area contributed by atoms with E-state index >= 15 is 0 Å². The normalized spacial score (nSPS) is 10.9. The first-order chi connectivity index (χ1) is 8.80. The number of rotatable bonds is 5. The number of aryl methyl sites for hydroxylation is 1. The smallest absolute Gasteiger partial charge is 0.252 e. The molecule has 1 aromatic rings. The molecule has 0 aliphatic heterocycles. The number of nitrogens with two attached hydrogens (primary N) is 2. The Morgan fingerprint density at radius 2 is 2.00 bits per heavy atom. The van der Waals surface area contributed by atoms with Gasteiger partial charge in [-0.05, 0) is 32.4 Å². The number of aromatic nitrogens is 1. The first kappa shape index (κ1) is 14.9. The number of nitrogens with one attached hydrogen (secondary N) is 2.